The first-order valence-corrected chi connectivity index (χ1v) is 14.4. The first-order chi connectivity index (χ1) is 16.7. The van der Waals surface area contributed by atoms with Crippen LogP contribution in [0.4, 0.5) is 5.69 Å². The summed E-state index contributed by atoms with van der Waals surface area (Å²) in [5, 5.41) is 3.59. The Morgan fingerprint density at radius 1 is 1.03 bits per heavy atom. The number of hydrogen-bond acceptors (Lipinski definition) is 4. The van der Waals surface area contributed by atoms with Crippen LogP contribution in [-0.4, -0.2) is 50.5 Å². The minimum absolute atomic E-state index is 0.0632. The number of sulfonamides is 1. The van der Waals surface area contributed by atoms with Crippen molar-refractivity contribution in [1.82, 2.24) is 10.2 Å². The molecule has 1 atom stereocenters. The minimum atomic E-state index is -3.80. The lowest BCUT2D eigenvalue weighted by Gasteiger charge is -2.33. The van der Waals surface area contributed by atoms with Gasteiger partial charge in [0.15, 0.2) is 0 Å². The van der Waals surface area contributed by atoms with Crippen LogP contribution in [0.2, 0.25) is 10.0 Å². The second-order valence-electron chi connectivity index (χ2n) is 9.39. The predicted octanol–water partition coefficient (Wildman–Crippen LogP) is 4.96. The van der Waals surface area contributed by atoms with Crippen molar-refractivity contribution in [3.63, 3.8) is 0 Å². The van der Waals surface area contributed by atoms with Gasteiger partial charge in [0.1, 0.15) is 12.6 Å². The van der Waals surface area contributed by atoms with Crippen molar-refractivity contribution in [2.45, 2.75) is 53.6 Å². The Labute approximate surface area is 224 Å². The maximum absolute atomic E-state index is 13.7. The average molecular weight is 557 g/mol. The molecule has 7 nitrogen and oxygen atoms in total. The first-order valence-electron chi connectivity index (χ1n) is 11.8. The Hall–Kier alpha value is -2.29. The molecule has 0 bridgehead atoms. The Morgan fingerprint density at radius 3 is 2.25 bits per heavy atom. The van der Waals surface area contributed by atoms with Crippen LogP contribution in [0.3, 0.4) is 0 Å². The van der Waals surface area contributed by atoms with Gasteiger partial charge in [-0.05, 0) is 61.1 Å². The third-order valence-corrected chi connectivity index (χ3v) is 7.59. The number of amides is 2. The number of aryl methyl sites for hydroxylation is 2. The van der Waals surface area contributed by atoms with E-state index in [9.17, 15) is 18.0 Å². The molecule has 0 fully saturated rings. The summed E-state index contributed by atoms with van der Waals surface area (Å²) in [6.45, 7) is 9.50. The van der Waals surface area contributed by atoms with Crippen molar-refractivity contribution in [3.8, 4) is 0 Å². The number of nitrogens with zero attached hydrogens (tertiary/aromatic N) is 2. The molecule has 0 aliphatic carbocycles. The fourth-order valence-corrected chi connectivity index (χ4v) is 4.98. The molecule has 0 spiro atoms. The fraction of sp³-hybridized carbons (Fsp3) is 0.462. The molecule has 2 aromatic carbocycles. The largest absolute Gasteiger partial charge is 0.354 e. The summed E-state index contributed by atoms with van der Waals surface area (Å²) in [5.41, 5.74) is 2.68. The van der Waals surface area contributed by atoms with Gasteiger partial charge in [0.2, 0.25) is 21.8 Å². The van der Waals surface area contributed by atoms with E-state index in [2.05, 4.69) is 5.32 Å². The van der Waals surface area contributed by atoms with Crippen molar-refractivity contribution in [2.75, 3.05) is 23.7 Å². The molecule has 0 saturated carbocycles. The molecule has 0 aliphatic heterocycles. The molecule has 2 rings (SSSR count). The number of benzene rings is 2. The lowest BCUT2D eigenvalue weighted by Crippen LogP contribution is -2.52. The highest BCUT2D eigenvalue weighted by atomic mass is 35.5. The zero-order chi connectivity index (χ0) is 27.2. The van der Waals surface area contributed by atoms with Gasteiger partial charge < -0.3 is 10.2 Å². The maximum Gasteiger partial charge on any atom is 0.244 e. The van der Waals surface area contributed by atoms with E-state index in [1.807, 2.05) is 39.8 Å². The first kappa shape index (κ1) is 29.9. The molecule has 10 heteroatoms. The third kappa shape index (κ3) is 8.11. The highest BCUT2D eigenvalue weighted by molar-refractivity contribution is 7.92. The monoisotopic (exact) mass is 555 g/mol. The summed E-state index contributed by atoms with van der Waals surface area (Å²) in [6, 6.07) is 9.62. The second-order valence-corrected chi connectivity index (χ2v) is 12.1. The second kappa shape index (κ2) is 12.8. The van der Waals surface area contributed by atoms with Crippen LogP contribution in [0.15, 0.2) is 36.4 Å². The fourth-order valence-electron chi connectivity index (χ4n) is 3.76. The Kier molecular flexibility index (Phi) is 10.6. The maximum atomic E-state index is 13.7. The predicted molar refractivity (Wildman–Crippen MR) is 147 cm³/mol. The highest BCUT2D eigenvalue weighted by Gasteiger charge is 2.32. The molecule has 0 aliphatic rings. The summed E-state index contributed by atoms with van der Waals surface area (Å²) in [7, 11) is -3.80. The van der Waals surface area contributed by atoms with Gasteiger partial charge in [-0.2, -0.15) is 0 Å². The molecule has 198 valence electrons. The van der Waals surface area contributed by atoms with Crippen LogP contribution in [0.25, 0.3) is 0 Å². The lowest BCUT2D eigenvalue weighted by molar-refractivity contribution is -0.140. The minimum Gasteiger partial charge on any atom is -0.354 e. The number of hydrogen-bond donors (Lipinski definition) is 1. The summed E-state index contributed by atoms with van der Waals surface area (Å²) in [6.07, 6.45) is 1.41. The van der Waals surface area contributed by atoms with Gasteiger partial charge in [0.05, 0.1) is 22.0 Å². The van der Waals surface area contributed by atoms with Crippen LogP contribution in [0.1, 0.15) is 43.9 Å². The molecule has 0 unspecified atom stereocenters. The molecule has 2 amide bonds. The van der Waals surface area contributed by atoms with E-state index in [0.717, 1.165) is 21.7 Å². The van der Waals surface area contributed by atoms with E-state index in [1.54, 1.807) is 31.2 Å². The molecule has 2 aromatic rings. The van der Waals surface area contributed by atoms with Gasteiger partial charge in [-0.1, -0.05) is 62.2 Å². The quantitative estimate of drug-likeness (QED) is 0.424. The Balaban J connectivity index is 2.49. The SMILES string of the molecule is CC[C@@H](C(=O)NCC(C)C)N(Cc1ccc(Cl)c(Cl)c1)C(=O)CN(c1cc(C)ccc1C)S(C)(=O)=O. The zero-order valence-corrected chi connectivity index (χ0v) is 24.0. The number of carbonyl (C=O) groups excluding carboxylic acids is 2. The van der Waals surface area contributed by atoms with Gasteiger partial charge in [-0.3, -0.25) is 13.9 Å². The molecular formula is C26H35Cl2N3O4S. The van der Waals surface area contributed by atoms with Gasteiger partial charge in [-0.15, -0.1) is 0 Å². The number of rotatable bonds is 11. The number of carbonyl (C=O) groups is 2. The van der Waals surface area contributed by atoms with Gasteiger partial charge in [0.25, 0.3) is 0 Å². The van der Waals surface area contributed by atoms with Gasteiger partial charge in [0, 0.05) is 13.1 Å². The molecular weight excluding hydrogens is 521 g/mol. The summed E-state index contributed by atoms with van der Waals surface area (Å²) >= 11 is 12.2. The van der Waals surface area contributed by atoms with Crippen LogP contribution in [-0.2, 0) is 26.2 Å². The molecule has 0 aromatic heterocycles. The van der Waals surface area contributed by atoms with Crippen LogP contribution < -0.4 is 9.62 Å². The van der Waals surface area contributed by atoms with Crippen molar-refractivity contribution in [2.24, 2.45) is 5.92 Å². The molecule has 36 heavy (non-hydrogen) atoms. The standard InChI is InChI=1S/C26H35Cl2N3O4S/c1-7-23(26(33)29-14-17(2)3)30(15-20-10-11-21(27)22(28)13-20)25(32)16-31(36(6,34)35)24-12-18(4)8-9-19(24)5/h8-13,17,23H,7,14-16H2,1-6H3,(H,29,33)/t23-/m0/s1. The molecule has 1 N–H and O–H groups in total. The zero-order valence-electron chi connectivity index (χ0n) is 21.6. The van der Waals surface area contributed by atoms with Crippen molar-refractivity contribution in [1.29, 1.82) is 0 Å². The normalized spacial score (nSPS) is 12.4. The smallest absolute Gasteiger partial charge is 0.244 e. The topological polar surface area (TPSA) is 86.8 Å². The van der Waals surface area contributed by atoms with Crippen LogP contribution in [0, 0.1) is 19.8 Å². The lowest BCUT2D eigenvalue weighted by atomic mass is 10.1. The number of halogens is 2. The molecule has 0 heterocycles. The Bertz CT molecular complexity index is 1200. The van der Waals surface area contributed by atoms with Gasteiger partial charge in [-0.25, -0.2) is 8.42 Å². The van der Waals surface area contributed by atoms with E-state index in [4.69, 9.17) is 23.2 Å². The Morgan fingerprint density at radius 2 is 1.69 bits per heavy atom. The molecule has 0 saturated heterocycles. The summed E-state index contributed by atoms with van der Waals surface area (Å²) < 4.78 is 26.7. The number of anilines is 1. The van der Waals surface area contributed by atoms with Crippen molar-refractivity contribution >= 4 is 50.7 Å². The summed E-state index contributed by atoms with van der Waals surface area (Å²) in [5.74, 6) is -0.563. The van der Waals surface area contributed by atoms with Gasteiger partial charge >= 0.3 is 0 Å². The van der Waals surface area contributed by atoms with Crippen LogP contribution in [0.5, 0.6) is 0 Å². The highest BCUT2D eigenvalue weighted by Crippen LogP contribution is 2.26. The third-order valence-electron chi connectivity index (χ3n) is 5.72. The average Bonchev–Trinajstić information content (AvgIpc) is 2.79. The van der Waals surface area contributed by atoms with E-state index >= 15 is 0 Å². The summed E-state index contributed by atoms with van der Waals surface area (Å²) in [4.78, 5) is 28.3. The van der Waals surface area contributed by atoms with Crippen LogP contribution >= 0.6 is 23.2 Å². The van der Waals surface area contributed by atoms with E-state index < -0.39 is 28.5 Å². The van der Waals surface area contributed by atoms with E-state index in [-0.39, 0.29) is 18.4 Å². The van der Waals surface area contributed by atoms with Crippen molar-refractivity contribution in [3.05, 3.63) is 63.1 Å². The molecule has 0 radical (unpaired) electrons. The van der Waals surface area contributed by atoms with E-state index in [0.29, 0.717) is 34.3 Å². The van der Waals surface area contributed by atoms with E-state index in [1.165, 1.54) is 4.90 Å². The van der Waals surface area contributed by atoms with Crippen molar-refractivity contribution < 1.29 is 18.0 Å². The number of nitrogens with one attached hydrogen (secondary N) is 1.